The first-order valence-electron chi connectivity index (χ1n) is 5.79. The molecular weight excluding hydrogens is 176 g/mol. The Labute approximate surface area is 85.8 Å². The molecule has 0 unspecified atom stereocenters. The Kier molecular flexibility index (Phi) is 3.54. The molecule has 0 saturated carbocycles. The zero-order valence-electron chi connectivity index (χ0n) is 8.80. The Hall–Kier alpha value is -0.410. The number of carbonyl (C=O) groups excluding carboxylic acids is 1. The van der Waals surface area contributed by atoms with Crippen LogP contribution in [0.15, 0.2) is 0 Å². The van der Waals surface area contributed by atoms with Crippen LogP contribution in [-0.4, -0.2) is 43.4 Å². The molecule has 2 saturated heterocycles. The first-order chi connectivity index (χ1) is 6.84. The van der Waals surface area contributed by atoms with Crippen molar-refractivity contribution in [1.82, 2.24) is 10.2 Å². The van der Waals surface area contributed by atoms with Gasteiger partial charge in [-0.25, -0.2) is 0 Å². The lowest BCUT2D eigenvalue weighted by Gasteiger charge is -2.31. The number of rotatable bonds is 2. The third-order valence-corrected chi connectivity index (χ3v) is 3.31. The predicted molar refractivity (Wildman–Crippen MR) is 56.3 cm³/mol. The van der Waals surface area contributed by atoms with Crippen LogP contribution in [0.4, 0.5) is 0 Å². The van der Waals surface area contributed by atoms with E-state index in [-0.39, 0.29) is 0 Å². The highest BCUT2D eigenvalue weighted by Crippen LogP contribution is 2.15. The fraction of sp³-hybridized carbons (Fsp3) is 0.909. The predicted octanol–water partition coefficient (Wildman–Crippen LogP) is 0.651. The number of nitrogens with zero attached hydrogens (tertiary/aromatic N) is 1. The molecule has 2 fully saturated rings. The van der Waals surface area contributed by atoms with Crippen LogP contribution in [0.3, 0.4) is 0 Å². The van der Waals surface area contributed by atoms with Crippen LogP contribution in [0, 0.1) is 5.92 Å². The van der Waals surface area contributed by atoms with Crippen molar-refractivity contribution >= 4 is 5.78 Å². The largest absolute Gasteiger partial charge is 0.317 e. The number of hydrogen-bond donors (Lipinski definition) is 1. The Bertz CT molecular complexity index is 199. The molecule has 0 atom stereocenters. The number of hydrogen-bond acceptors (Lipinski definition) is 3. The summed E-state index contributed by atoms with van der Waals surface area (Å²) >= 11 is 0. The number of piperidine rings is 2. The molecule has 0 aromatic heterocycles. The van der Waals surface area contributed by atoms with Gasteiger partial charge in [-0.2, -0.15) is 0 Å². The van der Waals surface area contributed by atoms with Gasteiger partial charge in [-0.15, -0.1) is 0 Å². The number of ketones is 1. The molecule has 2 aliphatic rings. The third-order valence-electron chi connectivity index (χ3n) is 3.31. The summed E-state index contributed by atoms with van der Waals surface area (Å²) in [6.45, 7) is 5.31. The molecule has 0 amide bonds. The van der Waals surface area contributed by atoms with Crippen LogP contribution in [0.25, 0.3) is 0 Å². The van der Waals surface area contributed by atoms with Crippen LogP contribution in [0.2, 0.25) is 0 Å². The van der Waals surface area contributed by atoms with Crippen molar-refractivity contribution in [1.29, 1.82) is 0 Å². The smallest absolute Gasteiger partial charge is 0.146 e. The summed E-state index contributed by atoms with van der Waals surface area (Å²) in [5.41, 5.74) is 0. The second-order valence-electron chi connectivity index (χ2n) is 4.57. The van der Waals surface area contributed by atoms with Gasteiger partial charge < -0.3 is 5.32 Å². The molecule has 0 spiro atoms. The summed E-state index contributed by atoms with van der Waals surface area (Å²) in [7, 11) is 0. The van der Waals surface area contributed by atoms with Gasteiger partial charge in [-0.05, 0) is 44.8 Å². The minimum Gasteiger partial charge on any atom is -0.317 e. The zero-order valence-corrected chi connectivity index (χ0v) is 8.80. The van der Waals surface area contributed by atoms with E-state index in [0.29, 0.717) is 12.3 Å². The maximum Gasteiger partial charge on any atom is 0.146 e. The molecule has 2 rings (SSSR count). The average Bonchev–Trinajstić information content (AvgIpc) is 2.19. The number of carbonyl (C=O) groups is 1. The molecule has 14 heavy (non-hydrogen) atoms. The standard InChI is InChI=1S/C11H20N2O/c14-11-2-1-7-13(9-11)8-10-3-5-12-6-4-10/h10,12H,1-9H2. The highest BCUT2D eigenvalue weighted by molar-refractivity contribution is 5.81. The van der Waals surface area contributed by atoms with Crippen LogP contribution >= 0.6 is 0 Å². The maximum atomic E-state index is 11.3. The van der Waals surface area contributed by atoms with E-state index in [1.807, 2.05) is 0 Å². The van der Waals surface area contributed by atoms with Gasteiger partial charge in [0.1, 0.15) is 5.78 Å². The fourth-order valence-electron chi connectivity index (χ4n) is 2.49. The van der Waals surface area contributed by atoms with Crippen molar-refractivity contribution in [2.45, 2.75) is 25.7 Å². The molecule has 0 bridgehead atoms. The normalized spacial score (nSPS) is 26.7. The van der Waals surface area contributed by atoms with E-state index in [0.717, 1.165) is 44.9 Å². The quantitative estimate of drug-likeness (QED) is 0.704. The third kappa shape index (κ3) is 2.79. The SMILES string of the molecule is O=C1CCCN(CC2CCNCC2)C1. The summed E-state index contributed by atoms with van der Waals surface area (Å²) < 4.78 is 0. The van der Waals surface area contributed by atoms with Gasteiger partial charge in [-0.1, -0.05) is 0 Å². The van der Waals surface area contributed by atoms with Crippen LogP contribution in [0.1, 0.15) is 25.7 Å². The molecule has 1 N–H and O–H groups in total. The molecular formula is C11H20N2O. The summed E-state index contributed by atoms with van der Waals surface area (Å²) in [5.74, 6) is 1.26. The van der Waals surface area contributed by atoms with Crippen molar-refractivity contribution < 1.29 is 4.79 Å². The first kappa shape index (κ1) is 10.1. The van der Waals surface area contributed by atoms with Crippen molar-refractivity contribution in [2.75, 3.05) is 32.7 Å². The number of likely N-dealkylation sites (tertiary alicyclic amines) is 1. The average molecular weight is 196 g/mol. The van der Waals surface area contributed by atoms with Gasteiger partial charge in [0.05, 0.1) is 6.54 Å². The lowest BCUT2D eigenvalue weighted by molar-refractivity contribution is -0.122. The van der Waals surface area contributed by atoms with Crippen LogP contribution < -0.4 is 5.32 Å². The van der Waals surface area contributed by atoms with Crippen molar-refractivity contribution in [2.24, 2.45) is 5.92 Å². The molecule has 0 aromatic carbocycles. The number of nitrogens with one attached hydrogen (secondary N) is 1. The van der Waals surface area contributed by atoms with Gasteiger partial charge in [0, 0.05) is 13.0 Å². The molecule has 80 valence electrons. The monoisotopic (exact) mass is 196 g/mol. The minimum atomic E-state index is 0.435. The Morgan fingerprint density at radius 2 is 2.14 bits per heavy atom. The summed E-state index contributed by atoms with van der Waals surface area (Å²) in [6, 6.07) is 0. The summed E-state index contributed by atoms with van der Waals surface area (Å²) in [5, 5.41) is 3.38. The Morgan fingerprint density at radius 3 is 2.86 bits per heavy atom. The van der Waals surface area contributed by atoms with E-state index in [9.17, 15) is 4.79 Å². The molecule has 3 nitrogen and oxygen atoms in total. The van der Waals surface area contributed by atoms with E-state index in [2.05, 4.69) is 10.2 Å². The van der Waals surface area contributed by atoms with E-state index in [4.69, 9.17) is 0 Å². The lowest BCUT2D eigenvalue weighted by atomic mass is 9.96. The van der Waals surface area contributed by atoms with E-state index in [1.165, 1.54) is 12.8 Å². The summed E-state index contributed by atoms with van der Waals surface area (Å²) in [6.07, 6.45) is 4.45. The molecule has 0 aliphatic carbocycles. The van der Waals surface area contributed by atoms with E-state index >= 15 is 0 Å². The lowest BCUT2D eigenvalue weighted by Crippen LogP contribution is -2.41. The van der Waals surface area contributed by atoms with Gasteiger partial charge in [0.2, 0.25) is 0 Å². The molecule has 2 heterocycles. The molecule has 3 heteroatoms. The maximum absolute atomic E-state index is 11.3. The fourth-order valence-corrected chi connectivity index (χ4v) is 2.49. The minimum absolute atomic E-state index is 0.435. The highest BCUT2D eigenvalue weighted by Gasteiger charge is 2.21. The van der Waals surface area contributed by atoms with Gasteiger partial charge >= 0.3 is 0 Å². The highest BCUT2D eigenvalue weighted by atomic mass is 16.1. The Morgan fingerprint density at radius 1 is 1.36 bits per heavy atom. The second kappa shape index (κ2) is 4.89. The van der Waals surface area contributed by atoms with Crippen LogP contribution in [0.5, 0.6) is 0 Å². The summed E-state index contributed by atoms with van der Waals surface area (Å²) in [4.78, 5) is 13.6. The molecule has 2 aliphatic heterocycles. The van der Waals surface area contributed by atoms with Crippen LogP contribution in [-0.2, 0) is 4.79 Å². The molecule has 0 radical (unpaired) electrons. The van der Waals surface area contributed by atoms with Gasteiger partial charge in [0.15, 0.2) is 0 Å². The van der Waals surface area contributed by atoms with Gasteiger partial charge in [0.25, 0.3) is 0 Å². The second-order valence-corrected chi connectivity index (χ2v) is 4.57. The molecule has 0 aromatic rings. The topological polar surface area (TPSA) is 32.3 Å². The van der Waals surface area contributed by atoms with Crippen molar-refractivity contribution in [3.8, 4) is 0 Å². The van der Waals surface area contributed by atoms with Crippen molar-refractivity contribution in [3.63, 3.8) is 0 Å². The van der Waals surface area contributed by atoms with Crippen molar-refractivity contribution in [3.05, 3.63) is 0 Å². The first-order valence-corrected chi connectivity index (χ1v) is 5.79. The van der Waals surface area contributed by atoms with E-state index in [1.54, 1.807) is 0 Å². The Balaban J connectivity index is 1.75. The number of Topliss-reactive ketones (excluding diaryl/α,β-unsaturated/α-hetero) is 1. The zero-order chi connectivity index (χ0) is 9.80. The van der Waals surface area contributed by atoms with E-state index < -0.39 is 0 Å². The van der Waals surface area contributed by atoms with Gasteiger partial charge in [-0.3, -0.25) is 9.69 Å².